The van der Waals surface area contributed by atoms with E-state index in [-0.39, 0.29) is 17.7 Å². The first-order valence-corrected chi connectivity index (χ1v) is 9.58. The van der Waals surface area contributed by atoms with Gasteiger partial charge in [-0.15, -0.1) is 0 Å². The minimum absolute atomic E-state index is 0.0212. The van der Waals surface area contributed by atoms with Crippen molar-refractivity contribution < 1.29 is 9.59 Å². The molecule has 1 heterocycles. The molecule has 2 aliphatic rings. The van der Waals surface area contributed by atoms with Crippen LogP contribution in [-0.4, -0.2) is 31.4 Å². The van der Waals surface area contributed by atoms with Crippen molar-refractivity contribution in [1.82, 2.24) is 16.0 Å². The lowest BCUT2D eigenvalue weighted by atomic mass is 9.99. The monoisotopic (exact) mass is 343 g/mol. The van der Waals surface area contributed by atoms with Gasteiger partial charge in [0, 0.05) is 24.6 Å². The lowest BCUT2D eigenvalue weighted by Gasteiger charge is -2.22. The molecule has 5 nitrogen and oxygen atoms in total. The Morgan fingerprint density at radius 3 is 2.44 bits per heavy atom. The lowest BCUT2D eigenvalue weighted by Crippen LogP contribution is -2.38. The minimum atomic E-state index is -0.0212. The molecule has 0 bridgehead atoms. The zero-order chi connectivity index (χ0) is 17.5. The van der Waals surface area contributed by atoms with Gasteiger partial charge in [0.2, 0.25) is 5.91 Å². The molecular weight excluding hydrogens is 314 g/mol. The van der Waals surface area contributed by atoms with E-state index in [0.29, 0.717) is 18.0 Å². The fourth-order valence-corrected chi connectivity index (χ4v) is 3.73. The Balaban J connectivity index is 1.42. The van der Waals surface area contributed by atoms with Crippen LogP contribution in [0.15, 0.2) is 24.3 Å². The van der Waals surface area contributed by atoms with Crippen molar-refractivity contribution >= 4 is 11.8 Å². The van der Waals surface area contributed by atoms with Gasteiger partial charge in [0.1, 0.15) is 0 Å². The van der Waals surface area contributed by atoms with Crippen LogP contribution in [0.2, 0.25) is 0 Å². The molecule has 0 spiro atoms. The van der Waals surface area contributed by atoms with Gasteiger partial charge in [-0.25, -0.2) is 0 Å². The third kappa shape index (κ3) is 5.30. The van der Waals surface area contributed by atoms with Crippen molar-refractivity contribution in [2.75, 3.05) is 19.6 Å². The second-order valence-electron chi connectivity index (χ2n) is 7.32. The smallest absolute Gasteiger partial charge is 0.251 e. The van der Waals surface area contributed by atoms with Crippen molar-refractivity contribution in [1.29, 1.82) is 0 Å². The molecule has 0 radical (unpaired) electrons. The first-order chi connectivity index (χ1) is 12.2. The van der Waals surface area contributed by atoms with Gasteiger partial charge in [-0.1, -0.05) is 25.0 Å². The first kappa shape index (κ1) is 17.9. The number of hydrogen-bond donors (Lipinski definition) is 3. The standard InChI is InChI=1S/C20H29N3O2/c24-19(17-5-1-2-6-17)22-13-15-7-9-18(10-8-15)20(25)23-14-16-4-3-11-21-12-16/h7-10,16-17,21H,1-6,11-14H2,(H,22,24)(H,23,25). The van der Waals surface area contributed by atoms with Crippen LogP contribution >= 0.6 is 0 Å². The van der Waals surface area contributed by atoms with Gasteiger partial charge < -0.3 is 16.0 Å². The van der Waals surface area contributed by atoms with Crippen LogP contribution in [0, 0.1) is 11.8 Å². The minimum Gasteiger partial charge on any atom is -0.352 e. The molecule has 5 heteroatoms. The predicted molar refractivity (Wildman–Crippen MR) is 98.2 cm³/mol. The van der Waals surface area contributed by atoms with Gasteiger partial charge in [0.05, 0.1) is 0 Å². The number of carbonyl (C=O) groups excluding carboxylic acids is 2. The van der Waals surface area contributed by atoms with E-state index in [4.69, 9.17) is 0 Å². The van der Waals surface area contributed by atoms with Crippen LogP contribution in [0.3, 0.4) is 0 Å². The Kier molecular flexibility index (Phi) is 6.45. The summed E-state index contributed by atoms with van der Waals surface area (Å²) in [5.41, 5.74) is 1.70. The highest BCUT2D eigenvalue weighted by Gasteiger charge is 2.22. The first-order valence-electron chi connectivity index (χ1n) is 9.58. The number of piperidine rings is 1. The molecule has 1 atom stereocenters. The van der Waals surface area contributed by atoms with Crippen LogP contribution in [-0.2, 0) is 11.3 Å². The normalized spacial score (nSPS) is 21.0. The summed E-state index contributed by atoms with van der Waals surface area (Å²) in [6.07, 6.45) is 6.72. The van der Waals surface area contributed by atoms with Crippen LogP contribution in [0.25, 0.3) is 0 Å². The van der Waals surface area contributed by atoms with E-state index in [1.165, 1.54) is 25.7 Å². The van der Waals surface area contributed by atoms with Gasteiger partial charge >= 0.3 is 0 Å². The molecule has 1 aromatic rings. The van der Waals surface area contributed by atoms with Gasteiger partial charge in [0.25, 0.3) is 5.91 Å². The van der Waals surface area contributed by atoms with Crippen LogP contribution < -0.4 is 16.0 Å². The summed E-state index contributed by atoms with van der Waals surface area (Å²) in [6, 6.07) is 7.52. The van der Waals surface area contributed by atoms with Crippen molar-refractivity contribution in [3.63, 3.8) is 0 Å². The highest BCUT2D eigenvalue weighted by Crippen LogP contribution is 2.24. The second-order valence-corrected chi connectivity index (χ2v) is 7.32. The fraction of sp³-hybridized carbons (Fsp3) is 0.600. The summed E-state index contributed by atoms with van der Waals surface area (Å²) in [6.45, 7) is 3.33. The highest BCUT2D eigenvalue weighted by atomic mass is 16.2. The molecule has 3 N–H and O–H groups in total. The molecule has 1 aliphatic heterocycles. The third-order valence-electron chi connectivity index (χ3n) is 5.36. The molecule has 25 heavy (non-hydrogen) atoms. The average Bonchev–Trinajstić information content (AvgIpc) is 3.20. The summed E-state index contributed by atoms with van der Waals surface area (Å²) in [5, 5.41) is 9.40. The van der Waals surface area contributed by atoms with E-state index in [1.807, 2.05) is 24.3 Å². The van der Waals surface area contributed by atoms with E-state index in [2.05, 4.69) is 16.0 Å². The Labute approximate surface area is 150 Å². The number of carbonyl (C=O) groups is 2. The Morgan fingerprint density at radius 2 is 1.76 bits per heavy atom. The van der Waals surface area contributed by atoms with Crippen molar-refractivity contribution in [2.45, 2.75) is 45.1 Å². The van der Waals surface area contributed by atoms with E-state index >= 15 is 0 Å². The maximum Gasteiger partial charge on any atom is 0.251 e. The Bertz CT molecular complexity index is 573. The van der Waals surface area contributed by atoms with Crippen LogP contribution in [0.1, 0.15) is 54.4 Å². The van der Waals surface area contributed by atoms with Gasteiger partial charge in [-0.2, -0.15) is 0 Å². The van der Waals surface area contributed by atoms with Crippen LogP contribution in [0.4, 0.5) is 0 Å². The quantitative estimate of drug-likeness (QED) is 0.742. The van der Waals surface area contributed by atoms with Gasteiger partial charge in [-0.3, -0.25) is 9.59 Å². The summed E-state index contributed by atoms with van der Waals surface area (Å²) in [7, 11) is 0. The average molecular weight is 343 g/mol. The summed E-state index contributed by atoms with van der Waals surface area (Å²) < 4.78 is 0. The molecule has 1 saturated heterocycles. The Morgan fingerprint density at radius 1 is 1.00 bits per heavy atom. The molecule has 136 valence electrons. The third-order valence-corrected chi connectivity index (χ3v) is 5.36. The molecule has 2 fully saturated rings. The second kappa shape index (κ2) is 8.99. The predicted octanol–water partition coefficient (Wildman–Crippen LogP) is 2.22. The maximum atomic E-state index is 12.2. The van der Waals surface area contributed by atoms with Crippen LogP contribution in [0.5, 0.6) is 0 Å². The number of hydrogen-bond acceptors (Lipinski definition) is 3. The van der Waals surface area contributed by atoms with E-state index < -0.39 is 0 Å². The molecule has 1 unspecified atom stereocenters. The van der Waals surface area contributed by atoms with Crippen molar-refractivity contribution in [3.05, 3.63) is 35.4 Å². The Hall–Kier alpha value is -1.88. The van der Waals surface area contributed by atoms with Crippen molar-refractivity contribution in [2.24, 2.45) is 11.8 Å². The highest BCUT2D eigenvalue weighted by molar-refractivity contribution is 5.94. The molecular formula is C20H29N3O2. The number of benzene rings is 1. The summed E-state index contributed by atoms with van der Waals surface area (Å²) in [5.74, 6) is 0.870. The van der Waals surface area contributed by atoms with E-state index in [1.54, 1.807) is 0 Å². The summed E-state index contributed by atoms with van der Waals surface area (Å²) >= 11 is 0. The molecule has 1 saturated carbocycles. The van der Waals surface area contributed by atoms with Crippen molar-refractivity contribution in [3.8, 4) is 0 Å². The maximum absolute atomic E-state index is 12.2. The van der Waals surface area contributed by atoms with Gasteiger partial charge in [-0.05, 0) is 62.4 Å². The topological polar surface area (TPSA) is 70.2 Å². The molecule has 2 amide bonds. The largest absolute Gasteiger partial charge is 0.352 e. The SMILES string of the molecule is O=C(NCC1CCCNC1)c1ccc(CNC(=O)C2CCCC2)cc1. The number of amides is 2. The number of nitrogens with one attached hydrogen (secondary N) is 3. The molecule has 1 aliphatic carbocycles. The zero-order valence-corrected chi connectivity index (χ0v) is 14.9. The van der Waals surface area contributed by atoms with E-state index in [9.17, 15) is 9.59 Å². The zero-order valence-electron chi connectivity index (χ0n) is 14.9. The number of rotatable bonds is 6. The summed E-state index contributed by atoms with van der Waals surface area (Å²) in [4.78, 5) is 24.3. The molecule has 1 aromatic carbocycles. The van der Waals surface area contributed by atoms with Gasteiger partial charge in [0.15, 0.2) is 0 Å². The fourth-order valence-electron chi connectivity index (χ4n) is 3.73. The lowest BCUT2D eigenvalue weighted by molar-refractivity contribution is -0.124. The molecule has 0 aromatic heterocycles. The molecule has 3 rings (SSSR count). The van der Waals surface area contributed by atoms with E-state index in [0.717, 1.165) is 38.0 Å².